The van der Waals surface area contributed by atoms with Crippen LogP contribution in [0, 0.1) is 5.92 Å². The Bertz CT molecular complexity index is 712. The van der Waals surface area contributed by atoms with Gasteiger partial charge in [0.1, 0.15) is 17.7 Å². The molecule has 0 aromatic heterocycles. The van der Waals surface area contributed by atoms with E-state index in [1.54, 1.807) is 20.8 Å². The van der Waals surface area contributed by atoms with Gasteiger partial charge in [-0.2, -0.15) is 5.11 Å². The number of carbonyl (C=O) groups excluding carboxylic acids is 2. The molecule has 1 aliphatic carbocycles. The van der Waals surface area contributed by atoms with Gasteiger partial charge in [-0.15, -0.1) is 0 Å². The Hall–Kier alpha value is -2.44. The fourth-order valence-electron chi connectivity index (χ4n) is 3.82. The van der Waals surface area contributed by atoms with Crippen molar-refractivity contribution >= 4 is 17.7 Å². The Morgan fingerprint density at radius 2 is 1.96 bits per heavy atom. The first-order chi connectivity index (χ1) is 11.4. The highest BCUT2D eigenvalue weighted by Gasteiger charge is 2.63. The summed E-state index contributed by atoms with van der Waals surface area (Å²) < 4.78 is 5.42. The molecule has 2 fully saturated rings. The topological polar surface area (TPSA) is 74.6 Å². The standard InChI is InChI=1S/C17H20N4O3/c1-17(2,3)24-16(23)20-12-9-11(15(20)22)13-14(12)21(19-18-13)10-7-5-4-6-8-10/h4-8,11-14H,9H2,1-3H3/t11-,12+,13+,14-/m1/s1. The van der Waals surface area contributed by atoms with Gasteiger partial charge in [-0.05, 0) is 39.3 Å². The maximum absolute atomic E-state index is 12.6. The molecule has 0 radical (unpaired) electrons. The lowest BCUT2D eigenvalue weighted by molar-refractivity contribution is -0.133. The number of imide groups is 1. The number of piperidine rings is 1. The first kappa shape index (κ1) is 15.1. The van der Waals surface area contributed by atoms with Crippen molar-refractivity contribution in [1.29, 1.82) is 0 Å². The second kappa shape index (κ2) is 5.03. The number of nitrogens with zero attached hydrogens (tertiary/aromatic N) is 4. The minimum absolute atomic E-state index is 0.109. The van der Waals surface area contributed by atoms with E-state index in [2.05, 4.69) is 10.3 Å². The molecule has 7 nitrogen and oxygen atoms in total. The van der Waals surface area contributed by atoms with Crippen molar-refractivity contribution in [3.8, 4) is 0 Å². The number of para-hydroxylation sites is 1. The smallest absolute Gasteiger partial charge is 0.417 e. The van der Waals surface area contributed by atoms with Gasteiger partial charge in [-0.1, -0.05) is 23.4 Å². The van der Waals surface area contributed by atoms with Gasteiger partial charge in [-0.3, -0.25) is 4.79 Å². The average Bonchev–Trinajstić information content (AvgIpc) is 3.15. The number of amides is 2. The number of fused-ring (bicyclic) bond motifs is 5. The molecule has 3 aliphatic rings. The van der Waals surface area contributed by atoms with Crippen LogP contribution in [-0.2, 0) is 9.53 Å². The predicted octanol–water partition coefficient (Wildman–Crippen LogP) is 2.78. The zero-order valence-corrected chi connectivity index (χ0v) is 13.9. The first-order valence-electron chi connectivity index (χ1n) is 8.18. The monoisotopic (exact) mass is 328 g/mol. The third kappa shape index (κ3) is 2.18. The quantitative estimate of drug-likeness (QED) is 0.794. The molecule has 2 bridgehead atoms. The zero-order chi connectivity index (χ0) is 17.1. The third-order valence-corrected chi connectivity index (χ3v) is 4.71. The molecule has 24 heavy (non-hydrogen) atoms. The van der Waals surface area contributed by atoms with Crippen LogP contribution in [0.15, 0.2) is 40.7 Å². The minimum Gasteiger partial charge on any atom is -0.443 e. The van der Waals surface area contributed by atoms with Gasteiger partial charge in [0.15, 0.2) is 0 Å². The van der Waals surface area contributed by atoms with Crippen LogP contribution < -0.4 is 5.01 Å². The predicted molar refractivity (Wildman–Crippen MR) is 86.3 cm³/mol. The lowest BCUT2D eigenvalue weighted by atomic mass is 9.98. The number of hydrogen-bond donors (Lipinski definition) is 0. The average molecular weight is 328 g/mol. The highest BCUT2D eigenvalue weighted by atomic mass is 16.6. The molecule has 1 saturated heterocycles. The van der Waals surface area contributed by atoms with Crippen molar-refractivity contribution in [3.05, 3.63) is 30.3 Å². The lowest BCUT2D eigenvalue weighted by Gasteiger charge is -2.36. The van der Waals surface area contributed by atoms with Gasteiger partial charge in [-0.25, -0.2) is 14.7 Å². The van der Waals surface area contributed by atoms with Crippen LogP contribution in [0.4, 0.5) is 10.5 Å². The van der Waals surface area contributed by atoms with Crippen molar-refractivity contribution in [1.82, 2.24) is 4.90 Å². The van der Waals surface area contributed by atoms with E-state index in [0.29, 0.717) is 6.42 Å². The van der Waals surface area contributed by atoms with Crippen molar-refractivity contribution in [3.63, 3.8) is 0 Å². The zero-order valence-electron chi connectivity index (χ0n) is 13.9. The number of ether oxygens (including phenoxy) is 1. The molecular weight excluding hydrogens is 308 g/mol. The molecule has 4 atom stereocenters. The molecule has 126 valence electrons. The van der Waals surface area contributed by atoms with Crippen molar-refractivity contribution in [2.75, 3.05) is 5.01 Å². The maximum atomic E-state index is 12.6. The highest BCUT2D eigenvalue weighted by molar-refractivity contribution is 5.97. The third-order valence-electron chi connectivity index (χ3n) is 4.71. The maximum Gasteiger partial charge on any atom is 0.417 e. The van der Waals surface area contributed by atoms with Crippen LogP contribution in [0.2, 0.25) is 0 Å². The number of likely N-dealkylation sites (tertiary alicyclic amines) is 1. The SMILES string of the molecule is CC(C)(C)OC(=O)N1C(=O)[C@@H]2C[C@H]1[C@@H]1[C@H]2N=NN1c1ccccc1. The van der Waals surface area contributed by atoms with Gasteiger partial charge in [0.05, 0.1) is 17.6 Å². The van der Waals surface area contributed by atoms with E-state index in [9.17, 15) is 9.59 Å². The van der Waals surface area contributed by atoms with Crippen LogP contribution in [0.3, 0.4) is 0 Å². The van der Waals surface area contributed by atoms with E-state index < -0.39 is 11.7 Å². The second-order valence-corrected chi connectivity index (χ2v) is 7.46. The van der Waals surface area contributed by atoms with Crippen LogP contribution in [0.1, 0.15) is 27.2 Å². The molecular formula is C17H20N4O3. The number of benzene rings is 1. The Labute approximate surface area is 140 Å². The Balaban J connectivity index is 1.62. The molecule has 2 amide bonds. The minimum atomic E-state index is -0.637. The molecule has 0 unspecified atom stereocenters. The number of carbonyl (C=O) groups is 2. The van der Waals surface area contributed by atoms with E-state index in [4.69, 9.17) is 4.74 Å². The van der Waals surface area contributed by atoms with Gasteiger partial charge in [0.2, 0.25) is 5.91 Å². The molecule has 0 spiro atoms. The summed E-state index contributed by atoms with van der Waals surface area (Å²) in [7, 11) is 0. The van der Waals surface area contributed by atoms with Crippen LogP contribution >= 0.6 is 0 Å². The van der Waals surface area contributed by atoms with Crippen molar-refractivity contribution in [2.45, 2.75) is 50.9 Å². The van der Waals surface area contributed by atoms with Crippen LogP contribution in [-0.4, -0.2) is 40.6 Å². The Morgan fingerprint density at radius 3 is 2.62 bits per heavy atom. The number of rotatable bonds is 1. The summed E-state index contributed by atoms with van der Waals surface area (Å²) in [4.78, 5) is 26.4. The van der Waals surface area contributed by atoms with E-state index in [1.165, 1.54) is 4.90 Å². The molecule has 7 heteroatoms. The molecule has 2 heterocycles. The van der Waals surface area contributed by atoms with Gasteiger partial charge < -0.3 is 4.74 Å². The molecule has 2 aliphatic heterocycles. The van der Waals surface area contributed by atoms with Gasteiger partial charge >= 0.3 is 6.09 Å². The lowest BCUT2D eigenvalue weighted by Crippen LogP contribution is -2.57. The normalized spacial score (nSPS) is 30.9. The van der Waals surface area contributed by atoms with E-state index in [-0.39, 0.29) is 30.0 Å². The van der Waals surface area contributed by atoms with Gasteiger partial charge in [0.25, 0.3) is 0 Å². The number of hydrogen-bond acceptors (Lipinski definition) is 6. The second-order valence-electron chi connectivity index (χ2n) is 7.46. The first-order valence-corrected chi connectivity index (χ1v) is 8.18. The number of anilines is 1. The van der Waals surface area contributed by atoms with Crippen LogP contribution in [0.25, 0.3) is 0 Å². The van der Waals surface area contributed by atoms with Crippen molar-refractivity contribution < 1.29 is 14.3 Å². The Kier molecular flexibility index (Phi) is 3.16. The molecule has 1 aromatic carbocycles. The molecule has 1 aromatic rings. The van der Waals surface area contributed by atoms with E-state index >= 15 is 0 Å². The summed E-state index contributed by atoms with van der Waals surface area (Å²) in [5, 5.41) is 10.4. The molecule has 1 saturated carbocycles. The summed E-state index contributed by atoms with van der Waals surface area (Å²) in [6.45, 7) is 5.38. The largest absolute Gasteiger partial charge is 0.443 e. The summed E-state index contributed by atoms with van der Waals surface area (Å²) in [6.07, 6.45) is 0.0498. The fourth-order valence-corrected chi connectivity index (χ4v) is 3.82. The fraction of sp³-hybridized carbons (Fsp3) is 0.529. The Morgan fingerprint density at radius 1 is 1.25 bits per heavy atom. The summed E-state index contributed by atoms with van der Waals surface area (Å²) in [6, 6.07) is 9.16. The van der Waals surface area contributed by atoms with E-state index in [1.807, 2.05) is 35.3 Å². The summed E-state index contributed by atoms with van der Waals surface area (Å²) in [5.41, 5.74) is 0.278. The van der Waals surface area contributed by atoms with Crippen LogP contribution in [0.5, 0.6) is 0 Å². The molecule has 0 N–H and O–H groups in total. The van der Waals surface area contributed by atoms with Gasteiger partial charge in [0, 0.05) is 0 Å². The van der Waals surface area contributed by atoms with Crippen molar-refractivity contribution in [2.24, 2.45) is 16.3 Å². The highest BCUT2D eigenvalue weighted by Crippen LogP contribution is 2.47. The summed E-state index contributed by atoms with van der Waals surface area (Å²) >= 11 is 0. The van der Waals surface area contributed by atoms with E-state index in [0.717, 1.165) is 5.69 Å². The molecule has 4 rings (SSSR count). The summed E-state index contributed by atoms with van der Waals surface area (Å²) in [5.74, 6) is -0.477.